The lowest BCUT2D eigenvalue weighted by Gasteiger charge is -2.47. The highest BCUT2D eigenvalue weighted by Gasteiger charge is 2.34. The van der Waals surface area contributed by atoms with Gasteiger partial charge in [0.05, 0.1) is 34.1 Å². The second kappa shape index (κ2) is 9.78. The maximum atomic E-state index is 13.0. The Morgan fingerprint density at radius 1 is 1.08 bits per heavy atom. The van der Waals surface area contributed by atoms with Gasteiger partial charge in [0.25, 0.3) is 5.56 Å². The standard InChI is InChI=1S/C29H37N7O2/c1-18-14-30-23-10-9-22(12-24(23)31-18)21(4)34-15-20(3)35(16-19(34)2)25-13-27(37)33(5)26-17-36(32-29(25)26)28-8-6-7-11-38-28/h9-10,12-14,17,19-21,28H,6-8,11,15-16H2,1-5H3/t19-,20+,21?,28?/m1/s1. The summed E-state index contributed by atoms with van der Waals surface area (Å²) in [6.45, 7) is 11.2. The molecule has 200 valence electrons. The predicted molar refractivity (Wildman–Crippen MR) is 149 cm³/mol. The monoisotopic (exact) mass is 515 g/mol. The molecule has 2 unspecified atom stereocenters. The quantitative estimate of drug-likeness (QED) is 0.400. The Morgan fingerprint density at radius 3 is 2.71 bits per heavy atom. The van der Waals surface area contributed by atoms with Crippen molar-refractivity contribution in [1.82, 2.24) is 29.2 Å². The SMILES string of the molecule is Cc1cnc2ccc(C(C)N3C[C@H](C)N(c4cc(=O)n(C)c5cn(C6CCCCO6)nc45)C[C@H]3C)cc2n1. The third kappa shape index (κ3) is 4.37. The van der Waals surface area contributed by atoms with Crippen LogP contribution in [0.3, 0.4) is 0 Å². The molecule has 2 saturated heterocycles. The number of aryl methyl sites for hydroxylation is 2. The average molecular weight is 516 g/mol. The second-order valence-corrected chi connectivity index (χ2v) is 11.1. The zero-order chi connectivity index (χ0) is 26.6. The van der Waals surface area contributed by atoms with Crippen LogP contribution in [-0.2, 0) is 11.8 Å². The third-order valence-electron chi connectivity index (χ3n) is 8.37. The molecule has 0 saturated carbocycles. The fraction of sp³-hybridized carbons (Fsp3) is 0.517. The minimum Gasteiger partial charge on any atom is -0.364 e. The maximum absolute atomic E-state index is 13.0. The van der Waals surface area contributed by atoms with Gasteiger partial charge >= 0.3 is 0 Å². The van der Waals surface area contributed by atoms with Crippen LogP contribution in [0.5, 0.6) is 0 Å². The minimum absolute atomic E-state index is 0.0140. The van der Waals surface area contributed by atoms with Crippen LogP contribution < -0.4 is 10.5 Å². The van der Waals surface area contributed by atoms with Crippen LogP contribution >= 0.6 is 0 Å². The van der Waals surface area contributed by atoms with E-state index in [0.29, 0.717) is 0 Å². The predicted octanol–water partition coefficient (Wildman–Crippen LogP) is 4.35. The first-order valence-corrected chi connectivity index (χ1v) is 13.8. The molecule has 0 bridgehead atoms. The molecule has 1 aromatic carbocycles. The van der Waals surface area contributed by atoms with Crippen molar-refractivity contribution in [2.45, 2.75) is 71.3 Å². The summed E-state index contributed by atoms with van der Waals surface area (Å²) in [5.41, 5.74) is 6.65. The summed E-state index contributed by atoms with van der Waals surface area (Å²) in [5.74, 6) is 0. The summed E-state index contributed by atoms with van der Waals surface area (Å²) in [6, 6.07) is 8.90. The molecule has 4 aromatic rings. The number of nitrogens with zero attached hydrogens (tertiary/aromatic N) is 7. The van der Waals surface area contributed by atoms with Crippen LogP contribution in [0.4, 0.5) is 5.69 Å². The van der Waals surface area contributed by atoms with Crippen LogP contribution in [-0.4, -0.2) is 61.0 Å². The van der Waals surface area contributed by atoms with Gasteiger partial charge in [-0.15, -0.1) is 0 Å². The first kappa shape index (κ1) is 25.0. The molecule has 6 rings (SSSR count). The Labute approximate surface area is 223 Å². The van der Waals surface area contributed by atoms with E-state index in [1.54, 1.807) is 10.6 Å². The fourth-order valence-electron chi connectivity index (χ4n) is 6.11. The lowest BCUT2D eigenvalue weighted by atomic mass is 9.99. The topological polar surface area (TPSA) is 81.3 Å². The molecule has 9 nitrogen and oxygen atoms in total. The Hall–Kier alpha value is -3.30. The van der Waals surface area contributed by atoms with Gasteiger partial charge in [-0.05, 0) is 64.7 Å². The van der Waals surface area contributed by atoms with Crippen molar-refractivity contribution in [1.29, 1.82) is 0 Å². The Morgan fingerprint density at radius 2 is 1.92 bits per heavy atom. The van der Waals surface area contributed by atoms with Crippen LogP contribution in [0, 0.1) is 6.92 Å². The van der Waals surface area contributed by atoms with E-state index in [9.17, 15) is 4.79 Å². The molecule has 2 aliphatic rings. The lowest BCUT2D eigenvalue weighted by Crippen LogP contribution is -2.57. The number of anilines is 1. The summed E-state index contributed by atoms with van der Waals surface area (Å²) in [5, 5.41) is 4.97. The molecule has 2 aliphatic heterocycles. The number of hydrogen-bond donors (Lipinski definition) is 0. The van der Waals surface area contributed by atoms with E-state index in [4.69, 9.17) is 14.8 Å². The van der Waals surface area contributed by atoms with Gasteiger partial charge in [0, 0.05) is 57.1 Å². The van der Waals surface area contributed by atoms with Crippen molar-refractivity contribution in [2.24, 2.45) is 7.05 Å². The Kier molecular flexibility index (Phi) is 6.44. The van der Waals surface area contributed by atoms with E-state index in [-0.39, 0.29) is 29.9 Å². The first-order valence-electron chi connectivity index (χ1n) is 13.8. The third-order valence-corrected chi connectivity index (χ3v) is 8.37. The van der Waals surface area contributed by atoms with Gasteiger partial charge in [-0.25, -0.2) is 9.67 Å². The summed E-state index contributed by atoms with van der Waals surface area (Å²) in [4.78, 5) is 27.1. The first-order chi connectivity index (χ1) is 18.3. The van der Waals surface area contributed by atoms with Crippen LogP contribution in [0.1, 0.15) is 63.6 Å². The normalized spacial score (nSPS) is 23.8. The van der Waals surface area contributed by atoms with Crippen LogP contribution in [0.2, 0.25) is 0 Å². The van der Waals surface area contributed by atoms with Crippen molar-refractivity contribution in [3.8, 4) is 0 Å². The van der Waals surface area contributed by atoms with E-state index in [0.717, 1.165) is 72.4 Å². The summed E-state index contributed by atoms with van der Waals surface area (Å²) >= 11 is 0. The molecule has 9 heteroatoms. The molecule has 0 N–H and O–H groups in total. The van der Waals surface area contributed by atoms with Crippen molar-refractivity contribution >= 4 is 27.8 Å². The van der Waals surface area contributed by atoms with Crippen molar-refractivity contribution in [2.75, 3.05) is 24.6 Å². The number of pyridine rings is 1. The van der Waals surface area contributed by atoms with E-state index in [2.05, 4.69) is 53.8 Å². The van der Waals surface area contributed by atoms with Crippen molar-refractivity contribution in [3.05, 3.63) is 58.3 Å². The highest BCUT2D eigenvalue weighted by atomic mass is 16.5. The molecular weight excluding hydrogens is 478 g/mol. The zero-order valence-electron chi connectivity index (χ0n) is 23.0. The molecule has 2 fully saturated rings. The molecule has 4 atom stereocenters. The number of rotatable bonds is 4. The van der Waals surface area contributed by atoms with Gasteiger partial charge in [-0.1, -0.05) is 6.07 Å². The molecule has 0 spiro atoms. The summed E-state index contributed by atoms with van der Waals surface area (Å²) in [6.07, 6.45) is 6.89. The van der Waals surface area contributed by atoms with Gasteiger partial charge in [0.1, 0.15) is 11.7 Å². The smallest absolute Gasteiger partial charge is 0.252 e. The largest absolute Gasteiger partial charge is 0.364 e. The number of fused-ring (bicyclic) bond motifs is 2. The highest BCUT2D eigenvalue weighted by Crippen LogP contribution is 2.34. The molecule has 0 amide bonds. The highest BCUT2D eigenvalue weighted by molar-refractivity contribution is 5.88. The van der Waals surface area contributed by atoms with E-state index in [1.165, 1.54) is 5.56 Å². The van der Waals surface area contributed by atoms with Gasteiger partial charge in [-0.3, -0.25) is 14.7 Å². The van der Waals surface area contributed by atoms with Gasteiger partial charge < -0.3 is 14.2 Å². The molecule has 0 aliphatic carbocycles. The summed E-state index contributed by atoms with van der Waals surface area (Å²) in [7, 11) is 1.82. The van der Waals surface area contributed by atoms with Crippen LogP contribution in [0.25, 0.3) is 22.1 Å². The molecule has 38 heavy (non-hydrogen) atoms. The van der Waals surface area contributed by atoms with Crippen molar-refractivity contribution < 1.29 is 4.74 Å². The van der Waals surface area contributed by atoms with Crippen molar-refractivity contribution in [3.63, 3.8) is 0 Å². The van der Waals surface area contributed by atoms with E-state index < -0.39 is 0 Å². The van der Waals surface area contributed by atoms with Gasteiger partial charge in [-0.2, -0.15) is 5.10 Å². The van der Waals surface area contributed by atoms with E-state index in [1.807, 2.05) is 31.0 Å². The second-order valence-electron chi connectivity index (χ2n) is 11.1. The zero-order valence-corrected chi connectivity index (χ0v) is 23.0. The number of benzene rings is 1. The van der Waals surface area contributed by atoms with E-state index >= 15 is 0 Å². The minimum atomic E-state index is -0.0661. The number of aromatic nitrogens is 5. The summed E-state index contributed by atoms with van der Waals surface area (Å²) < 4.78 is 9.60. The lowest BCUT2D eigenvalue weighted by molar-refractivity contribution is -0.0390. The fourth-order valence-corrected chi connectivity index (χ4v) is 6.11. The van der Waals surface area contributed by atoms with Crippen LogP contribution in [0.15, 0.2) is 41.5 Å². The molecule has 3 aromatic heterocycles. The Bertz CT molecular complexity index is 1540. The van der Waals surface area contributed by atoms with Gasteiger partial charge in [0.15, 0.2) is 0 Å². The molecular formula is C29H37N7O2. The number of piperazine rings is 1. The number of ether oxygens (including phenoxy) is 1. The molecule has 0 radical (unpaired) electrons. The molecule has 5 heterocycles. The Balaban J connectivity index is 1.29. The van der Waals surface area contributed by atoms with Gasteiger partial charge in [0.2, 0.25) is 0 Å². The average Bonchev–Trinajstić information content (AvgIpc) is 3.37. The number of hydrogen-bond acceptors (Lipinski definition) is 7. The maximum Gasteiger partial charge on any atom is 0.252 e.